The summed E-state index contributed by atoms with van der Waals surface area (Å²) in [5.41, 5.74) is 0.0613. The molecule has 1 aromatic carbocycles. The van der Waals surface area contributed by atoms with Gasteiger partial charge in [0.05, 0.1) is 18.4 Å². The van der Waals surface area contributed by atoms with E-state index in [1.165, 1.54) is 4.90 Å². The van der Waals surface area contributed by atoms with Gasteiger partial charge in [-0.3, -0.25) is 4.18 Å². The van der Waals surface area contributed by atoms with Crippen LogP contribution in [0.3, 0.4) is 0 Å². The standard InChI is InChI=1S/C22H35NO7S/c1-21(2,3)29-19(24)18-11-8-10-17(16-18)12-14-23(20(25)30-22(4,5)6)13-9-15-28-31(7,26)27/h8,10-11,16H,9,12-15H2,1-7H3. The van der Waals surface area contributed by atoms with Crippen LogP contribution in [0.5, 0.6) is 0 Å². The molecule has 0 aromatic heterocycles. The predicted molar refractivity (Wildman–Crippen MR) is 119 cm³/mol. The molecule has 1 rings (SSSR count). The molecule has 176 valence electrons. The smallest absolute Gasteiger partial charge is 0.410 e. The zero-order valence-electron chi connectivity index (χ0n) is 19.6. The first-order chi connectivity index (χ1) is 14.1. The van der Waals surface area contributed by atoms with Crippen molar-refractivity contribution in [3.8, 4) is 0 Å². The van der Waals surface area contributed by atoms with Gasteiger partial charge in [-0.05, 0) is 72.1 Å². The van der Waals surface area contributed by atoms with Gasteiger partial charge in [-0.25, -0.2) is 9.59 Å². The van der Waals surface area contributed by atoms with Gasteiger partial charge in [-0.15, -0.1) is 0 Å². The van der Waals surface area contributed by atoms with E-state index in [0.29, 0.717) is 24.9 Å². The van der Waals surface area contributed by atoms with Crippen molar-refractivity contribution in [3.63, 3.8) is 0 Å². The molecule has 0 atom stereocenters. The highest BCUT2D eigenvalue weighted by molar-refractivity contribution is 7.85. The molecular formula is C22H35NO7S. The van der Waals surface area contributed by atoms with Crippen molar-refractivity contribution in [2.24, 2.45) is 0 Å². The van der Waals surface area contributed by atoms with Gasteiger partial charge in [0.2, 0.25) is 0 Å². The Hall–Kier alpha value is -2.13. The molecule has 0 unspecified atom stereocenters. The Balaban J connectivity index is 2.81. The molecule has 0 bridgehead atoms. The lowest BCUT2D eigenvalue weighted by atomic mass is 10.1. The first kappa shape index (κ1) is 26.9. The van der Waals surface area contributed by atoms with Gasteiger partial charge in [-0.2, -0.15) is 8.42 Å². The van der Waals surface area contributed by atoms with Gasteiger partial charge in [0, 0.05) is 13.1 Å². The van der Waals surface area contributed by atoms with E-state index in [1.54, 1.807) is 59.7 Å². The van der Waals surface area contributed by atoms with Crippen LogP contribution in [-0.4, -0.2) is 62.5 Å². The fourth-order valence-electron chi connectivity index (χ4n) is 2.54. The third kappa shape index (κ3) is 12.3. The topological polar surface area (TPSA) is 99.2 Å². The number of rotatable bonds is 9. The predicted octanol–water partition coefficient (Wildman–Crippen LogP) is 3.79. The molecule has 0 aliphatic heterocycles. The molecule has 0 heterocycles. The van der Waals surface area contributed by atoms with Crippen molar-refractivity contribution in [2.45, 2.75) is 65.6 Å². The fourth-order valence-corrected chi connectivity index (χ4v) is 2.96. The van der Waals surface area contributed by atoms with Crippen LogP contribution in [0.25, 0.3) is 0 Å². The van der Waals surface area contributed by atoms with Gasteiger partial charge in [0.25, 0.3) is 10.1 Å². The van der Waals surface area contributed by atoms with Crippen molar-refractivity contribution >= 4 is 22.2 Å². The maximum absolute atomic E-state index is 12.6. The highest BCUT2D eigenvalue weighted by Gasteiger charge is 2.22. The van der Waals surface area contributed by atoms with Crippen molar-refractivity contribution in [3.05, 3.63) is 35.4 Å². The van der Waals surface area contributed by atoms with Gasteiger partial charge in [0.1, 0.15) is 11.2 Å². The van der Waals surface area contributed by atoms with Gasteiger partial charge in [0.15, 0.2) is 0 Å². The number of nitrogens with zero attached hydrogens (tertiary/aromatic N) is 1. The maximum Gasteiger partial charge on any atom is 0.410 e. The molecule has 0 aliphatic carbocycles. The Labute approximate surface area is 186 Å². The zero-order valence-corrected chi connectivity index (χ0v) is 20.4. The van der Waals surface area contributed by atoms with Crippen LogP contribution in [0, 0.1) is 0 Å². The molecule has 0 saturated carbocycles. The van der Waals surface area contributed by atoms with Gasteiger partial charge < -0.3 is 14.4 Å². The highest BCUT2D eigenvalue weighted by atomic mass is 32.2. The second kappa shape index (κ2) is 10.9. The summed E-state index contributed by atoms with van der Waals surface area (Å²) in [5.74, 6) is -0.406. The Kier molecular flexibility index (Phi) is 9.50. The highest BCUT2D eigenvalue weighted by Crippen LogP contribution is 2.15. The molecule has 8 nitrogen and oxygen atoms in total. The molecular weight excluding hydrogens is 422 g/mol. The first-order valence-electron chi connectivity index (χ1n) is 10.2. The third-order valence-electron chi connectivity index (χ3n) is 3.75. The van der Waals surface area contributed by atoms with E-state index in [1.807, 2.05) is 6.07 Å². The summed E-state index contributed by atoms with van der Waals surface area (Å²) in [6, 6.07) is 7.07. The van der Waals surface area contributed by atoms with E-state index in [4.69, 9.17) is 13.7 Å². The number of amides is 1. The normalized spacial score (nSPS) is 12.4. The third-order valence-corrected chi connectivity index (χ3v) is 4.35. The number of ether oxygens (including phenoxy) is 2. The van der Waals surface area contributed by atoms with E-state index >= 15 is 0 Å². The molecule has 0 saturated heterocycles. The number of carbonyl (C=O) groups is 2. The van der Waals surface area contributed by atoms with Crippen LogP contribution in [-0.2, 0) is 30.2 Å². The molecule has 9 heteroatoms. The second-order valence-electron chi connectivity index (χ2n) is 9.30. The van der Waals surface area contributed by atoms with Crippen molar-refractivity contribution in [2.75, 3.05) is 26.0 Å². The summed E-state index contributed by atoms with van der Waals surface area (Å²) in [4.78, 5) is 26.4. The van der Waals surface area contributed by atoms with Crippen molar-refractivity contribution in [1.82, 2.24) is 4.90 Å². The minimum Gasteiger partial charge on any atom is -0.456 e. The van der Waals surface area contributed by atoms with Gasteiger partial charge >= 0.3 is 12.1 Å². The Bertz CT molecular complexity index is 851. The maximum atomic E-state index is 12.6. The number of benzene rings is 1. The van der Waals surface area contributed by atoms with E-state index in [-0.39, 0.29) is 13.2 Å². The average Bonchev–Trinajstić information content (AvgIpc) is 2.57. The first-order valence-corrected chi connectivity index (χ1v) is 12.0. The summed E-state index contributed by atoms with van der Waals surface area (Å²) in [6.07, 6.45) is 1.32. The monoisotopic (exact) mass is 457 g/mol. The van der Waals surface area contributed by atoms with Crippen molar-refractivity contribution in [1.29, 1.82) is 0 Å². The fraction of sp³-hybridized carbons (Fsp3) is 0.636. The zero-order chi connectivity index (χ0) is 23.9. The van der Waals surface area contributed by atoms with E-state index < -0.39 is 33.4 Å². The van der Waals surface area contributed by atoms with Crippen LogP contribution in [0.1, 0.15) is 63.9 Å². The summed E-state index contributed by atoms with van der Waals surface area (Å²) < 4.78 is 37.8. The van der Waals surface area contributed by atoms with Crippen LogP contribution in [0.15, 0.2) is 24.3 Å². The average molecular weight is 458 g/mol. The number of esters is 1. The van der Waals surface area contributed by atoms with Crippen LogP contribution < -0.4 is 0 Å². The number of hydrogen-bond donors (Lipinski definition) is 0. The quantitative estimate of drug-likeness (QED) is 0.316. The van der Waals surface area contributed by atoms with E-state index in [0.717, 1.165) is 11.8 Å². The summed E-state index contributed by atoms with van der Waals surface area (Å²) in [7, 11) is -3.53. The van der Waals surface area contributed by atoms with Crippen LogP contribution in [0.2, 0.25) is 0 Å². The Morgan fingerprint density at radius 2 is 1.58 bits per heavy atom. The largest absolute Gasteiger partial charge is 0.456 e. The summed E-state index contributed by atoms with van der Waals surface area (Å²) in [6.45, 7) is 11.3. The van der Waals surface area contributed by atoms with Crippen molar-refractivity contribution < 1.29 is 31.7 Å². The lowest BCUT2D eigenvalue weighted by molar-refractivity contribution is 0.00681. The molecule has 31 heavy (non-hydrogen) atoms. The second-order valence-corrected chi connectivity index (χ2v) is 10.9. The number of carbonyl (C=O) groups excluding carboxylic acids is 2. The lowest BCUT2D eigenvalue weighted by Crippen LogP contribution is -2.39. The summed E-state index contributed by atoms with van der Waals surface area (Å²) >= 11 is 0. The minimum absolute atomic E-state index is 0.0216. The molecule has 1 amide bonds. The van der Waals surface area contributed by atoms with Gasteiger partial charge in [-0.1, -0.05) is 12.1 Å². The number of hydrogen-bond acceptors (Lipinski definition) is 7. The van der Waals surface area contributed by atoms with Crippen LogP contribution in [0.4, 0.5) is 4.79 Å². The Morgan fingerprint density at radius 1 is 0.968 bits per heavy atom. The SMILES string of the molecule is CC(C)(C)OC(=O)c1cccc(CCN(CCCOS(C)(=O)=O)C(=O)OC(C)(C)C)c1. The minimum atomic E-state index is -3.53. The Morgan fingerprint density at radius 3 is 2.13 bits per heavy atom. The van der Waals surface area contributed by atoms with Crippen LogP contribution >= 0.6 is 0 Å². The molecule has 0 N–H and O–H groups in total. The van der Waals surface area contributed by atoms with E-state index in [2.05, 4.69) is 0 Å². The molecule has 0 aliphatic rings. The molecule has 0 spiro atoms. The molecule has 1 aromatic rings. The molecule has 0 radical (unpaired) electrons. The lowest BCUT2D eigenvalue weighted by Gasteiger charge is -2.27. The molecule has 0 fully saturated rings. The van der Waals surface area contributed by atoms with E-state index in [9.17, 15) is 18.0 Å². The summed E-state index contributed by atoms with van der Waals surface area (Å²) in [5, 5.41) is 0.